The van der Waals surface area contributed by atoms with E-state index in [2.05, 4.69) is 14.2 Å². The molecule has 0 aliphatic heterocycles. The number of ketones is 2. The van der Waals surface area contributed by atoms with Crippen LogP contribution in [0.4, 0.5) is 0 Å². The van der Waals surface area contributed by atoms with E-state index in [0.717, 1.165) is 20.8 Å². The predicted octanol–water partition coefficient (Wildman–Crippen LogP) is -1.14. The van der Waals surface area contributed by atoms with Crippen LogP contribution in [-0.2, 0) is 47.7 Å². The molecule has 0 radical (unpaired) electrons. The number of aliphatic hydroxyl groups is 2. The molecule has 0 amide bonds. The second kappa shape index (κ2) is 14.2. The van der Waals surface area contributed by atoms with E-state index in [1.807, 2.05) is 0 Å². The number of esters is 4. The Morgan fingerprint density at radius 2 is 1.13 bits per heavy atom. The minimum atomic E-state index is -2.29. The van der Waals surface area contributed by atoms with Gasteiger partial charge in [-0.05, 0) is 13.8 Å². The normalized spacial score (nSPS) is 11.4. The van der Waals surface area contributed by atoms with Crippen LogP contribution < -0.4 is 0 Å². The first-order chi connectivity index (χ1) is 13.7. The molecular formula is C18H28O12. The van der Waals surface area contributed by atoms with Gasteiger partial charge in [-0.3, -0.25) is 28.8 Å². The molecule has 0 aromatic carbocycles. The summed E-state index contributed by atoms with van der Waals surface area (Å²) in [6.45, 7) is 5.59. The van der Waals surface area contributed by atoms with E-state index in [1.165, 1.54) is 20.8 Å². The summed E-state index contributed by atoms with van der Waals surface area (Å²) in [5, 5.41) is 18.1. The highest BCUT2D eigenvalue weighted by molar-refractivity contribution is 6.10. The van der Waals surface area contributed by atoms with Crippen molar-refractivity contribution in [2.24, 2.45) is 0 Å². The van der Waals surface area contributed by atoms with Gasteiger partial charge < -0.3 is 29.2 Å². The second-order valence-corrected chi connectivity index (χ2v) is 5.98. The smallest absolute Gasteiger partial charge is 0.304 e. The Hall–Kier alpha value is -2.86. The molecule has 1 unspecified atom stereocenters. The van der Waals surface area contributed by atoms with Gasteiger partial charge in [-0.2, -0.15) is 0 Å². The molecule has 2 N–H and O–H groups in total. The van der Waals surface area contributed by atoms with Gasteiger partial charge in [0.25, 0.3) is 5.60 Å². The van der Waals surface area contributed by atoms with Crippen LogP contribution in [-0.4, -0.2) is 83.3 Å². The van der Waals surface area contributed by atoms with Crippen LogP contribution >= 0.6 is 0 Å². The van der Waals surface area contributed by atoms with E-state index in [4.69, 9.17) is 9.84 Å². The summed E-state index contributed by atoms with van der Waals surface area (Å²) in [6.07, 6.45) is -2.51. The molecule has 1 atom stereocenters. The van der Waals surface area contributed by atoms with Crippen molar-refractivity contribution in [3.8, 4) is 0 Å². The highest BCUT2D eigenvalue weighted by Crippen LogP contribution is 2.20. The number of carbonyl (C=O) groups excluding carboxylic acids is 6. The Balaban J connectivity index is 0. The monoisotopic (exact) mass is 436 g/mol. The molecule has 0 aromatic heterocycles. The van der Waals surface area contributed by atoms with Crippen molar-refractivity contribution in [1.29, 1.82) is 0 Å². The van der Waals surface area contributed by atoms with Crippen molar-refractivity contribution < 1.29 is 57.9 Å². The standard InChI is InChI=1S/2C9H14O6/c1-6(10)13-4-9(15-8(3)12)5-14-7(2)11;1-5(11)9(6(2)12,8(14)4-10)15-7(3)13/h9H,4-5H2,1-3H3;8,10,14H,4H2,1-3H3. The minimum absolute atomic E-state index is 0.123. The van der Waals surface area contributed by atoms with E-state index in [-0.39, 0.29) is 13.2 Å². The summed E-state index contributed by atoms with van der Waals surface area (Å²) in [5.74, 6) is -4.05. The van der Waals surface area contributed by atoms with Crippen LogP contribution in [0.5, 0.6) is 0 Å². The summed E-state index contributed by atoms with van der Waals surface area (Å²) in [4.78, 5) is 65.0. The summed E-state index contributed by atoms with van der Waals surface area (Å²) in [6, 6.07) is 0. The zero-order valence-electron chi connectivity index (χ0n) is 17.8. The lowest BCUT2D eigenvalue weighted by molar-refractivity contribution is -0.184. The zero-order valence-corrected chi connectivity index (χ0v) is 17.8. The molecule has 0 heterocycles. The molecular weight excluding hydrogens is 408 g/mol. The third-order valence-corrected chi connectivity index (χ3v) is 3.27. The number of rotatable bonds is 10. The fraction of sp³-hybridized carbons (Fsp3) is 0.667. The van der Waals surface area contributed by atoms with E-state index in [9.17, 15) is 33.9 Å². The maximum atomic E-state index is 11.3. The minimum Gasteiger partial charge on any atom is -0.462 e. The largest absolute Gasteiger partial charge is 0.462 e. The molecule has 0 aliphatic carbocycles. The first-order valence-corrected chi connectivity index (χ1v) is 8.65. The van der Waals surface area contributed by atoms with Gasteiger partial charge in [0.05, 0.1) is 6.61 Å². The lowest BCUT2D eigenvalue weighted by Crippen LogP contribution is -2.58. The maximum absolute atomic E-state index is 11.3. The lowest BCUT2D eigenvalue weighted by Gasteiger charge is -2.31. The Kier molecular flexibility index (Phi) is 13.9. The highest BCUT2D eigenvalue weighted by Gasteiger charge is 2.50. The molecule has 12 nitrogen and oxygen atoms in total. The molecule has 0 aliphatic rings. The summed E-state index contributed by atoms with van der Waals surface area (Å²) < 4.78 is 18.6. The molecule has 0 fully saturated rings. The van der Waals surface area contributed by atoms with Gasteiger partial charge in [0, 0.05) is 27.7 Å². The molecule has 0 aromatic rings. The van der Waals surface area contributed by atoms with Gasteiger partial charge in [-0.25, -0.2) is 0 Å². The predicted molar refractivity (Wildman–Crippen MR) is 97.8 cm³/mol. The maximum Gasteiger partial charge on any atom is 0.304 e. The summed E-state index contributed by atoms with van der Waals surface area (Å²) in [5.41, 5.74) is -2.29. The number of hydrogen-bond acceptors (Lipinski definition) is 12. The first kappa shape index (κ1) is 29.3. The fourth-order valence-corrected chi connectivity index (χ4v) is 2.06. The number of ether oxygens (including phenoxy) is 4. The highest BCUT2D eigenvalue weighted by atomic mass is 16.6. The average molecular weight is 436 g/mol. The van der Waals surface area contributed by atoms with Gasteiger partial charge in [0.1, 0.15) is 19.3 Å². The molecule has 172 valence electrons. The van der Waals surface area contributed by atoms with Gasteiger partial charge in [-0.1, -0.05) is 0 Å². The molecule has 0 spiro atoms. The van der Waals surface area contributed by atoms with Gasteiger partial charge in [-0.15, -0.1) is 0 Å². The Labute approximate surface area is 173 Å². The van der Waals surface area contributed by atoms with E-state index in [0.29, 0.717) is 0 Å². The van der Waals surface area contributed by atoms with Crippen molar-refractivity contribution in [2.45, 2.75) is 59.4 Å². The van der Waals surface area contributed by atoms with Crippen LogP contribution in [0.3, 0.4) is 0 Å². The van der Waals surface area contributed by atoms with E-state index < -0.39 is 59.9 Å². The quantitative estimate of drug-likeness (QED) is 0.239. The zero-order chi connectivity index (χ0) is 24.1. The van der Waals surface area contributed by atoms with Crippen LogP contribution in [0.2, 0.25) is 0 Å². The molecule has 0 saturated carbocycles. The number of aliphatic hydroxyl groups excluding tert-OH is 2. The molecule has 30 heavy (non-hydrogen) atoms. The van der Waals surface area contributed by atoms with Crippen LogP contribution in [0.25, 0.3) is 0 Å². The topological polar surface area (TPSA) is 180 Å². The number of carbonyl (C=O) groups is 6. The van der Waals surface area contributed by atoms with Crippen LogP contribution in [0.1, 0.15) is 41.5 Å². The van der Waals surface area contributed by atoms with Crippen molar-refractivity contribution >= 4 is 35.4 Å². The SMILES string of the molecule is CC(=O)OC(C(C)=O)(C(C)=O)C(O)CO.CC(=O)OCC(COC(C)=O)OC(C)=O. The summed E-state index contributed by atoms with van der Waals surface area (Å²) >= 11 is 0. The van der Waals surface area contributed by atoms with Gasteiger partial charge in [0.2, 0.25) is 0 Å². The van der Waals surface area contributed by atoms with Gasteiger partial charge >= 0.3 is 23.9 Å². The van der Waals surface area contributed by atoms with Crippen molar-refractivity contribution in [3.63, 3.8) is 0 Å². The molecule has 0 saturated heterocycles. The third kappa shape index (κ3) is 11.2. The Morgan fingerprint density at radius 1 is 0.733 bits per heavy atom. The molecule has 0 bridgehead atoms. The van der Waals surface area contributed by atoms with Crippen molar-refractivity contribution in [2.75, 3.05) is 19.8 Å². The van der Waals surface area contributed by atoms with Crippen LogP contribution in [0.15, 0.2) is 0 Å². The molecule has 0 rings (SSSR count). The third-order valence-electron chi connectivity index (χ3n) is 3.27. The lowest BCUT2D eigenvalue weighted by atomic mass is 9.88. The van der Waals surface area contributed by atoms with Gasteiger partial charge in [0.15, 0.2) is 17.7 Å². The summed E-state index contributed by atoms with van der Waals surface area (Å²) in [7, 11) is 0. The first-order valence-electron chi connectivity index (χ1n) is 8.65. The van der Waals surface area contributed by atoms with Crippen LogP contribution in [0, 0.1) is 0 Å². The fourth-order valence-electron chi connectivity index (χ4n) is 2.06. The Bertz CT molecular complexity index is 607. The molecule has 12 heteroatoms. The van der Waals surface area contributed by atoms with Crippen molar-refractivity contribution in [3.05, 3.63) is 0 Å². The van der Waals surface area contributed by atoms with Crippen molar-refractivity contribution in [1.82, 2.24) is 0 Å². The average Bonchev–Trinajstić information content (AvgIpc) is 2.60. The number of Topliss-reactive ketones (excluding diaryl/α,β-unsaturated/α-hetero) is 2. The second-order valence-electron chi connectivity index (χ2n) is 5.98. The van der Waals surface area contributed by atoms with E-state index in [1.54, 1.807) is 0 Å². The van der Waals surface area contributed by atoms with E-state index >= 15 is 0 Å². The number of hydrogen-bond donors (Lipinski definition) is 2. The Morgan fingerprint density at radius 3 is 1.37 bits per heavy atom.